The predicted octanol–water partition coefficient (Wildman–Crippen LogP) is 3.14. The van der Waals surface area contributed by atoms with Crippen molar-refractivity contribution in [2.24, 2.45) is 5.92 Å². The summed E-state index contributed by atoms with van der Waals surface area (Å²) in [7, 11) is 0. The van der Waals surface area contributed by atoms with Crippen molar-refractivity contribution in [3.8, 4) is 5.69 Å². The summed E-state index contributed by atoms with van der Waals surface area (Å²) in [4.78, 5) is 12.0. The standard InChI is InChI=1S/C18H25N3O2/c1-11(2)16(22)10-18(23)19-17-9-14(5)21(20-17)15-7-12(3)6-13(4)8-15/h6-9,11,16,22H,10H2,1-5H3,(H,19,20,23). The molecule has 0 aliphatic rings. The number of aliphatic hydroxyl groups is 1. The van der Waals surface area contributed by atoms with Gasteiger partial charge in [-0.15, -0.1) is 5.10 Å². The molecule has 1 amide bonds. The molecule has 23 heavy (non-hydrogen) atoms. The normalized spacial score (nSPS) is 12.5. The second-order valence-corrected chi connectivity index (χ2v) is 6.49. The van der Waals surface area contributed by atoms with E-state index in [0.29, 0.717) is 5.82 Å². The van der Waals surface area contributed by atoms with Crippen LogP contribution in [0.5, 0.6) is 0 Å². The number of hydrogen-bond acceptors (Lipinski definition) is 3. The fourth-order valence-corrected chi connectivity index (χ4v) is 2.49. The summed E-state index contributed by atoms with van der Waals surface area (Å²) >= 11 is 0. The van der Waals surface area contributed by atoms with E-state index in [-0.39, 0.29) is 18.2 Å². The van der Waals surface area contributed by atoms with Crippen LogP contribution in [0.15, 0.2) is 24.3 Å². The van der Waals surface area contributed by atoms with Gasteiger partial charge in [-0.2, -0.15) is 0 Å². The Labute approximate surface area is 137 Å². The number of anilines is 1. The van der Waals surface area contributed by atoms with Crippen molar-refractivity contribution in [2.45, 2.75) is 47.1 Å². The summed E-state index contributed by atoms with van der Waals surface area (Å²) in [6, 6.07) is 8.05. The summed E-state index contributed by atoms with van der Waals surface area (Å²) < 4.78 is 1.81. The van der Waals surface area contributed by atoms with Gasteiger partial charge < -0.3 is 10.4 Å². The van der Waals surface area contributed by atoms with E-state index in [1.807, 2.05) is 45.4 Å². The van der Waals surface area contributed by atoms with Crippen LogP contribution in [0.1, 0.15) is 37.1 Å². The van der Waals surface area contributed by atoms with E-state index < -0.39 is 6.10 Å². The molecule has 0 spiro atoms. The summed E-state index contributed by atoms with van der Waals surface area (Å²) in [5.74, 6) is 0.328. The first-order valence-corrected chi connectivity index (χ1v) is 7.89. The van der Waals surface area contributed by atoms with Crippen molar-refractivity contribution < 1.29 is 9.90 Å². The van der Waals surface area contributed by atoms with E-state index in [0.717, 1.165) is 11.4 Å². The van der Waals surface area contributed by atoms with Crippen molar-refractivity contribution in [2.75, 3.05) is 5.32 Å². The van der Waals surface area contributed by atoms with E-state index >= 15 is 0 Å². The van der Waals surface area contributed by atoms with Crippen molar-refractivity contribution >= 4 is 11.7 Å². The molecule has 0 aliphatic heterocycles. The lowest BCUT2D eigenvalue weighted by Gasteiger charge is -2.13. The first-order valence-electron chi connectivity index (χ1n) is 7.89. The summed E-state index contributed by atoms with van der Waals surface area (Å²) in [6.45, 7) is 9.81. The molecule has 0 bridgehead atoms. The van der Waals surface area contributed by atoms with Crippen LogP contribution >= 0.6 is 0 Å². The van der Waals surface area contributed by atoms with Gasteiger partial charge in [0.1, 0.15) is 0 Å². The highest BCUT2D eigenvalue weighted by molar-refractivity contribution is 5.90. The quantitative estimate of drug-likeness (QED) is 0.890. The number of benzene rings is 1. The number of aryl methyl sites for hydroxylation is 3. The number of carbonyl (C=O) groups is 1. The minimum Gasteiger partial charge on any atom is -0.392 e. The molecule has 0 aliphatic carbocycles. The minimum absolute atomic E-state index is 0.0512. The summed E-state index contributed by atoms with van der Waals surface area (Å²) in [6.07, 6.45) is -0.565. The van der Waals surface area contributed by atoms with Gasteiger partial charge in [0.15, 0.2) is 5.82 Å². The molecule has 5 nitrogen and oxygen atoms in total. The lowest BCUT2D eigenvalue weighted by atomic mass is 10.0. The van der Waals surface area contributed by atoms with Gasteiger partial charge in [-0.3, -0.25) is 4.79 Å². The van der Waals surface area contributed by atoms with Crippen LogP contribution in [-0.4, -0.2) is 26.9 Å². The third kappa shape index (κ3) is 4.42. The average molecular weight is 315 g/mol. The second-order valence-electron chi connectivity index (χ2n) is 6.49. The van der Waals surface area contributed by atoms with E-state index in [2.05, 4.69) is 28.6 Å². The van der Waals surface area contributed by atoms with Crippen LogP contribution in [0.4, 0.5) is 5.82 Å². The molecule has 0 saturated heterocycles. The van der Waals surface area contributed by atoms with Crippen molar-refractivity contribution in [3.05, 3.63) is 41.1 Å². The van der Waals surface area contributed by atoms with Gasteiger partial charge in [-0.05, 0) is 49.9 Å². The molecule has 1 aromatic heterocycles. The van der Waals surface area contributed by atoms with Gasteiger partial charge in [0.2, 0.25) is 5.91 Å². The molecule has 0 radical (unpaired) electrons. The molecule has 1 aromatic carbocycles. The summed E-state index contributed by atoms with van der Waals surface area (Å²) in [5.41, 5.74) is 4.25. The first-order chi connectivity index (χ1) is 10.8. The molecule has 1 atom stereocenters. The molecule has 5 heteroatoms. The highest BCUT2D eigenvalue weighted by Crippen LogP contribution is 2.18. The van der Waals surface area contributed by atoms with E-state index in [1.54, 1.807) is 0 Å². The van der Waals surface area contributed by atoms with Crippen LogP contribution < -0.4 is 5.32 Å². The maximum absolute atomic E-state index is 12.0. The number of amides is 1. The Morgan fingerprint density at radius 1 is 1.17 bits per heavy atom. The molecule has 2 N–H and O–H groups in total. The molecule has 1 unspecified atom stereocenters. The topological polar surface area (TPSA) is 67.2 Å². The number of aromatic nitrogens is 2. The summed E-state index contributed by atoms with van der Waals surface area (Å²) in [5, 5.41) is 17.0. The lowest BCUT2D eigenvalue weighted by Crippen LogP contribution is -2.23. The smallest absolute Gasteiger partial charge is 0.228 e. The number of rotatable bonds is 5. The second kappa shape index (κ2) is 6.96. The SMILES string of the molecule is Cc1cc(C)cc(-n2nc(NC(=O)CC(O)C(C)C)cc2C)c1. The molecular formula is C18H25N3O2. The zero-order valence-electron chi connectivity index (χ0n) is 14.4. The van der Waals surface area contributed by atoms with E-state index in [9.17, 15) is 9.90 Å². The zero-order valence-corrected chi connectivity index (χ0v) is 14.4. The number of nitrogens with one attached hydrogen (secondary N) is 1. The van der Waals surface area contributed by atoms with Crippen LogP contribution in [0.3, 0.4) is 0 Å². The van der Waals surface area contributed by atoms with Crippen LogP contribution in [-0.2, 0) is 4.79 Å². The highest BCUT2D eigenvalue weighted by Gasteiger charge is 2.16. The van der Waals surface area contributed by atoms with Gasteiger partial charge in [0.05, 0.1) is 18.2 Å². The number of nitrogens with zero attached hydrogens (tertiary/aromatic N) is 2. The minimum atomic E-state index is -0.641. The molecule has 2 rings (SSSR count). The number of aliphatic hydroxyl groups excluding tert-OH is 1. The highest BCUT2D eigenvalue weighted by atomic mass is 16.3. The fraction of sp³-hybridized carbons (Fsp3) is 0.444. The van der Waals surface area contributed by atoms with Crippen LogP contribution in [0, 0.1) is 26.7 Å². The third-order valence-electron chi connectivity index (χ3n) is 3.77. The molecule has 0 saturated carbocycles. The van der Waals surface area contributed by atoms with Crippen LogP contribution in [0.2, 0.25) is 0 Å². The van der Waals surface area contributed by atoms with Crippen molar-refractivity contribution in [1.29, 1.82) is 0 Å². The Kier molecular flexibility index (Phi) is 5.21. The van der Waals surface area contributed by atoms with E-state index in [1.165, 1.54) is 11.1 Å². The zero-order chi connectivity index (χ0) is 17.1. The van der Waals surface area contributed by atoms with Gasteiger partial charge >= 0.3 is 0 Å². The Balaban J connectivity index is 2.16. The average Bonchev–Trinajstić information content (AvgIpc) is 2.77. The number of hydrogen-bond donors (Lipinski definition) is 2. The van der Waals surface area contributed by atoms with Gasteiger partial charge in [-0.25, -0.2) is 4.68 Å². The van der Waals surface area contributed by atoms with Crippen molar-refractivity contribution in [1.82, 2.24) is 9.78 Å². The number of carbonyl (C=O) groups excluding carboxylic acids is 1. The molecular weight excluding hydrogens is 290 g/mol. The monoisotopic (exact) mass is 315 g/mol. The lowest BCUT2D eigenvalue weighted by molar-refractivity contribution is -0.118. The van der Waals surface area contributed by atoms with E-state index in [4.69, 9.17) is 0 Å². The van der Waals surface area contributed by atoms with Gasteiger partial charge in [-0.1, -0.05) is 19.9 Å². The first kappa shape index (κ1) is 17.2. The third-order valence-corrected chi connectivity index (χ3v) is 3.77. The Morgan fingerprint density at radius 2 is 1.78 bits per heavy atom. The largest absolute Gasteiger partial charge is 0.392 e. The fourth-order valence-electron chi connectivity index (χ4n) is 2.49. The molecule has 1 heterocycles. The van der Waals surface area contributed by atoms with Gasteiger partial charge in [0, 0.05) is 11.8 Å². The Bertz CT molecular complexity index is 684. The maximum Gasteiger partial charge on any atom is 0.228 e. The Morgan fingerprint density at radius 3 is 2.35 bits per heavy atom. The molecule has 0 fully saturated rings. The maximum atomic E-state index is 12.0. The molecule has 124 valence electrons. The van der Waals surface area contributed by atoms with Crippen molar-refractivity contribution in [3.63, 3.8) is 0 Å². The Hall–Kier alpha value is -2.14. The predicted molar refractivity (Wildman–Crippen MR) is 91.9 cm³/mol. The van der Waals surface area contributed by atoms with Gasteiger partial charge in [0.25, 0.3) is 0 Å². The molecule has 2 aromatic rings. The van der Waals surface area contributed by atoms with Crippen LogP contribution in [0.25, 0.3) is 5.69 Å².